The lowest BCUT2D eigenvalue weighted by Gasteiger charge is -2.35. The van der Waals surface area contributed by atoms with Crippen molar-refractivity contribution in [3.8, 4) is 0 Å². The van der Waals surface area contributed by atoms with E-state index < -0.39 is 39.5 Å². The molecular weight excluding hydrogens is 620 g/mol. The number of nitrogens with two attached hydrogens (primary N) is 1. The zero-order valence-electron chi connectivity index (χ0n) is 24.4. The van der Waals surface area contributed by atoms with Gasteiger partial charge in [0.1, 0.15) is 11.6 Å². The first-order valence-corrected chi connectivity index (χ1v) is 16.4. The van der Waals surface area contributed by atoms with Crippen molar-refractivity contribution in [2.75, 3.05) is 25.0 Å². The van der Waals surface area contributed by atoms with Crippen molar-refractivity contribution in [1.29, 1.82) is 0 Å². The molecule has 4 aromatic rings. The molecule has 45 heavy (non-hydrogen) atoms. The van der Waals surface area contributed by atoms with Gasteiger partial charge in [-0.25, -0.2) is 17.2 Å². The lowest BCUT2D eigenvalue weighted by Crippen LogP contribution is -2.53. The fraction of sp³-hybridized carbons (Fsp3) is 0.273. The highest BCUT2D eigenvalue weighted by Gasteiger charge is 2.33. The molecule has 1 fully saturated rings. The average Bonchev–Trinajstić information content (AvgIpc) is 3.04. The number of pyridine rings is 1. The maximum Gasteiger partial charge on any atom is 0.243 e. The third-order valence-electron chi connectivity index (χ3n) is 7.96. The van der Waals surface area contributed by atoms with Crippen LogP contribution >= 0.6 is 11.6 Å². The standard InChI is InChI=1S/C33H34ClF2N5O3S/c34-24-14-12-22(13-15-24)31(23-18-25(35)20-39-19-23)32(37)33(42)40-30-11-5-10-29(36)28(30)9-4-6-26-21-38-16-17-41(26)45(43,44)27-7-2-1-3-8-27/h1-3,5,7-8,10-15,18-20,26,31-32,38H,4,6,9,16-17,21,37H2,(H,40,42)/t26-,31-,32-/m0/s1. The number of nitrogens with one attached hydrogen (secondary N) is 2. The van der Waals surface area contributed by atoms with Gasteiger partial charge in [-0.3, -0.25) is 9.78 Å². The number of rotatable bonds is 11. The van der Waals surface area contributed by atoms with Crippen LogP contribution in [0.1, 0.15) is 35.4 Å². The molecule has 0 unspecified atom stereocenters. The lowest BCUT2D eigenvalue weighted by atomic mass is 9.85. The van der Waals surface area contributed by atoms with Gasteiger partial charge >= 0.3 is 0 Å². The van der Waals surface area contributed by atoms with Gasteiger partial charge in [-0.15, -0.1) is 0 Å². The number of aromatic nitrogens is 1. The second-order valence-electron chi connectivity index (χ2n) is 10.9. The van der Waals surface area contributed by atoms with Crippen molar-refractivity contribution >= 4 is 33.2 Å². The summed E-state index contributed by atoms with van der Waals surface area (Å²) in [6, 6.07) is 19.2. The summed E-state index contributed by atoms with van der Waals surface area (Å²) in [4.78, 5) is 17.7. The van der Waals surface area contributed by atoms with Crippen LogP contribution in [-0.2, 0) is 21.2 Å². The van der Waals surface area contributed by atoms with E-state index >= 15 is 4.39 Å². The third-order valence-corrected chi connectivity index (χ3v) is 10.2. The fourth-order valence-electron chi connectivity index (χ4n) is 5.72. The average molecular weight is 654 g/mol. The van der Waals surface area contributed by atoms with E-state index in [0.717, 1.165) is 6.20 Å². The van der Waals surface area contributed by atoms with Gasteiger partial charge in [-0.05, 0) is 72.9 Å². The van der Waals surface area contributed by atoms with Crippen LogP contribution in [0, 0.1) is 11.6 Å². The molecule has 0 bridgehead atoms. The molecule has 1 aromatic heterocycles. The van der Waals surface area contributed by atoms with Gasteiger partial charge in [0.15, 0.2) is 0 Å². The summed E-state index contributed by atoms with van der Waals surface area (Å²) in [6.07, 6.45) is 3.70. The van der Waals surface area contributed by atoms with E-state index in [0.29, 0.717) is 48.6 Å². The summed E-state index contributed by atoms with van der Waals surface area (Å²) in [6.45, 7) is 1.34. The zero-order valence-corrected chi connectivity index (χ0v) is 25.9. The summed E-state index contributed by atoms with van der Waals surface area (Å²) in [7, 11) is -3.69. The first-order chi connectivity index (χ1) is 21.6. The van der Waals surface area contributed by atoms with Crippen LogP contribution in [0.3, 0.4) is 0 Å². The van der Waals surface area contributed by atoms with Crippen LogP contribution in [0.2, 0.25) is 5.02 Å². The highest BCUT2D eigenvalue weighted by atomic mass is 35.5. The van der Waals surface area contributed by atoms with Crippen molar-refractivity contribution < 1.29 is 22.0 Å². The normalized spacial score (nSPS) is 17.0. The van der Waals surface area contributed by atoms with Crippen LogP contribution in [-0.4, -0.2) is 55.3 Å². The lowest BCUT2D eigenvalue weighted by molar-refractivity contribution is -0.117. The smallest absolute Gasteiger partial charge is 0.243 e. The van der Waals surface area contributed by atoms with Crippen molar-refractivity contribution in [2.45, 2.75) is 42.2 Å². The van der Waals surface area contributed by atoms with Crippen LogP contribution < -0.4 is 16.4 Å². The van der Waals surface area contributed by atoms with Crippen LogP contribution in [0.4, 0.5) is 14.5 Å². The van der Waals surface area contributed by atoms with E-state index in [4.69, 9.17) is 17.3 Å². The molecule has 1 amide bonds. The molecule has 3 atom stereocenters. The van der Waals surface area contributed by atoms with Gasteiger partial charge in [-0.2, -0.15) is 4.31 Å². The summed E-state index contributed by atoms with van der Waals surface area (Å²) in [5.74, 6) is -2.43. The quantitative estimate of drug-likeness (QED) is 0.208. The molecule has 0 saturated carbocycles. The number of anilines is 1. The van der Waals surface area contributed by atoms with E-state index in [9.17, 15) is 17.6 Å². The van der Waals surface area contributed by atoms with E-state index in [-0.39, 0.29) is 28.6 Å². The molecule has 5 rings (SSSR count). The van der Waals surface area contributed by atoms with Gasteiger partial charge < -0.3 is 16.4 Å². The van der Waals surface area contributed by atoms with Gasteiger partial charge in [0, 0.05) is 54.1 Å². The molecule has 0 spiro atoms. The van der Waals surface area contributed by atoms with Crippen LogP contribution in [0.25, 0.3) is 0 Å². The Bertz CT molecular complexity index is 1730. The van der Waals surface area contributed by atoms with Crippen molar-refractivity contribution in [3.05, 3.63) is 125 Å². The van der Waals surface area contributed by atoms with E-state index in [1.54, 1.807) is 60.7 Å². The highest BCUT2D eigenvalue weighted by Crippen LogP contribution is 2.30. The zero-order chi connectivity index (χ0) is 32.0. The minimum atomic E-state index is -3.69. The minimum absolute atomic E-state index is 0.235. The minimum Gasteiger partial charge on any atom is -0.324 e. The highest BCUT2D eigenvalue weighted by molar-refractivity contribution is 7.89. The first-order valence-electron chi connectivity index (χ1n) is 14.6. The predicted octanol–water partition coefficient (Wildman–Crippen LogP) is 5.10. The van der Waals surface area contributed by atoms with Crippen molar-refractivity contribution in [1.82, 2.24) is 14.6 Å². The van der Waals surface area contributed by atoms with Gasteiger partial charge in [-0.1, -0.05) is 48.0 Å². The monoisotopic (exact) mass is 653 g/mol. The number of amides is 1. The number of nitrogens with zero attached hydrogens (tertiary/aromatic N) is 2. The van der Waals surface area contributed by atoms with Gasteiger partial charge in [0.2, 0.25) is 15.9 Å². The molecule has 1 aliphatic rings. The third kappa shape index (κ3) is 7.74. The second-order valence-corrected chi connectivity index (χ2v) is 13.3. The number of hydrogen-bond donors (Lipinski definition) is 3. The van der Waals surface area contributed by atoms with Gasteiger partial charge in [0.25, 0.3) is 0 Å². The predicted molar refractivity (Wildman–Crippen MR) is 170 cm³/mol. The molecule has 3 aromatic carbocycles. The second kappa shape index (κ2) is 14.6. The number of carbonyl (C=O) groups excluding carboxylic acids is 1. The molecular formula is C33H34ClF2N5O3S. The summed E-state index contributed by atoms with van der Waals surface area (Å²) < 4.78 is 57.5. The Kier molecular flexibility index (Phi) is 10.6. The van der Waals surface area contributed by atoms with Crippen LogP contribution in [0.5, 0.6) is 0 Å². The molecule has 4 N–H and O–H groups in total. The van der Waals surface area contributed by atoms with Crippen LogP contribution in [0.15, 0.2) is 96.2 Å². The Morgan fingerprint density at radius 3 is 2.53 bits per heavy atom. The van der Waals surface area contributed by atoms with E-state index in [1.165, 1.54) is 28.7 Å². The topological polar surface area (TPSA) is 117 Å². The number of carbonyl (C=O) groups is 1. The van der Waals surface area contributed by atoms with Crippen molar-refractivity contribution in [3.63, 3.8) is 0 Å². The summed E-state index contributed by atoms with van der Waals surface area (Å²) >= 11 is 6.06. The maximum atomic E-state index is 15.2. The summed E-state index contributed by atoms with van der Waals surface area (Å²) in [5, 5.41) is 6.52. The fourth-order valence-corrected chi connectivity index (χ4v) is 7.52. The molecule has 0 radical (unpaired) electrons. The SMILES string of the molecule is N[C@H](C(=O)Nc1cccc(F)c1CCC[C@H]1CNCCN1S(=O)(=O)c1ccccc1)[C@@H](c1ccc(Cl)cc1)c1cncc(F)c1. The van der Waals surface area contributed by atoms with Gasteiger partial charge in [0.05, 0.1) is 17.1 Å². The van der Waals surface area contributed by atoms with E-state index in [1.807, 2.05) is 0 Å². The van der Waals surface area contributed by atoms with E-state index in [2.05, 4.69) is 15.6 Å². The molecule has 8 nitrogen and oxygen atoms in total. The molecule has 236 valence electrons. The Morgan fingerprint density at radius 2 is 1.80 bits per heavy atom. The number of hydrogen-bond acceptors (Lipinski definition) is 6. The summed E-state index contributed by atoms with van der Waals surface area (Å²) in [5.41, 5.74) is 8.07. The number of piperazine rings is 1. The number of benzene rings is 3. The Hall–Kier alpha value is -3.74. The largest absolute Gasteiger partial charge is 0.324 e. The molecule has 1 saturated heterocycles. The molecule has 2 heterocycles. The molecule has 0 aliphatic carbocycles. The molecule has 1 aliphatic heterocycles. The molecule has 12 heteroatoms. The van der Waals surface area contributed by atoms with Crippen molar-refractivity contribution in [2.24, 2.45) is 5.73 Å². The Labute approximate surface area is 266 Å². The Morgan fingerprint density at radius 1 is 1.04 bits per heavy atom. The Balaban J connectivity index is 1.31. The first kappa shape index (κ1) is 32.6. The number of halogens is 3. The number of sulfonamides is 1. The maximum absolute atomic E-state index is 15.2.